The van der Waals surface area contributed by atoms with Crippen LogP contribution in [0.25, 0.3) is 0 Å². The molecule has 0 atom stereocenters. The largest absolute Gasteiger partial charge is 0.383 e. The highest BCUT2D eigenvalue weighted by Crippen LogP contribution is 2.10. The van der Waals surface area contributed by atoms with Crippen LogP contribution in [0, 0.1) is 0 Å². The van der Waals surface area contributed by atoms with Crippen molar-refractivity contribution in [2.45, 2.75) is 104 Å². The van der Waals surface area contributed by atoms with Crippen molar-refractivity contribution in [2.75, 3.05) is 33.4 Å². The lowest BCUT2D eigenvalue weighted by atomic mass is 10.1. The third kappa shape index (κ3) is 18.1. The van der Waals surface area contributed by atoms with Gasteiger partial charge in [0.2, 0.25) is 0 Å². The second-order valence-corrected chi connectivity index (χ2v) is 7.08. The molecular formula is C21H45NO. The van der Waals surface area contributed by atoms with E-state index >= 15 is 0 Å². The first-order chi connectivity index (χ1) is 11.3. The summed E-state index contributed by atoms with van der Waals surface area (Å²) in [5, 5.41) is 0. The summed E-state index contributed by atoms with van der Waals surface area (Å²) in [5.74, 6) is 0. The van der Waals surface area contributed by atoms with Gasteiger partial charge in [-0.05, 0) is 25.9 Å². The van der Waals surface area contributed by atoms with Crippen molar-refractivity contribution in [3.8, 4) is 0 Å². The van der Waals surface area contributed by atoms with E-state index in [1.54, 1.807) is 0 Å². The van der Waals surface area contributed by atoms with Crippen molar-refractivity contribution >= 4 is 0 Å². The van der Waals surface area contributed by atoms with Gasteiger partial charge in [0.15, 0.2) is 0 Å². The number of hydrogen-bond acceptors (Lipinski definition) is 2. The Morgan fingerprint density at radius 1 is 0.522 bits per heavy atom. The van der Waals surface area contributed by atoms with E-state index in [9.17, 15) is 0 Å². The molecule has 0 unspecified atom stereocenters. The molecule has 0 saturated carbocycles. The molecule has 0 rings (SSSR count). The maximum Gasteiger partial charge on any atom is 0.0589 e. The number of ether oxygens (including phenoxy) is 1. The molecule has 0 aliphatic heterocycles. The fourth-order valence-corrected chi connectivity index (χ4v) is 3.14. The first-order valence-electron chi connectivity index (χ1n) is 10.6. The summed E-state index contributed by atoms with van der Waals surface area (Å²) in [7, 11) is 1.82. The number of methoxy groups -OCH3 is 1. The second kappa shape index (κ2) is 20.0. The summed E-state index contributed by atoms with van der Waals surface area (Å²) in [6, 6.07) is 0. The molecule has 0 N–H and O–H groups in total. The maximum absolute atomic E-state index is 5.27. The Bertz CT molecular complexity index is 190. The van der Waals surface area contributed by atoms with Crippen LogP contribution in [0.2, 0.25) is 0 Å². The molecule has 0 spiro atoms. The van der Waals surface area contributed by atoms with E-state index in [1.165, 1.54) is 103 Å². The van der Waals surface area contributed by atoms with Gasteiger partial charge in [-0.3, -0.25) is 0 Å². The van der Waals surface area contributed by atoms with Gasteiger partial charge in [-0.25, -0.2) is 0 Å². The molecule has 0 aromatic carbocycles. The topological polar surface area (TPSA) is 12.5 Å². The van der Waals surface area contributed by atoms with E-state index in [0.29, 0.717) is 0 Å². The van der Waals surface area contributed by atoms with E-state index in [0.717, 1.165) is 13.2 Å². The lowest BCUT2D eigenvalue weighted by Gasteiger charge is -2.22. The van der Waals surface area contributed by atoms with E-state index < -0.39 is 0 Å². The number of unbranched alkanes of at least 4 members (excludes halogenated alkanes) is 12. The van der Waals surface area contributed by atoms with Crippen LogP contribution in [0.3, 0.4) is 0 Å². The Morgan fingerprint density at radius 3 is 1.30 bits per heavy atom. The van der Waals surface area contributed by atoms with E-state index in [4.69, 9.17) is 4.74 Å². The first-order valence-corrected chi connectivity index (χ1v) is 10.6. The monoisotopic (exact) mass is 327 g/mol. The van der Waals surface area contributed by atoms with Gasteiger partial charge in [-0.15, -0.1) is 0 Å². The molecule has 0 aliphatic carbocycles. The standard InChI is InChI=1S/C21H45NO/c1-4-6-8-10-12-14-16-18-22(20-21-23-3)19-17-15-13-11-9-7-5-2/h4-21H2,1-3H3. The van der Waals surface area contributed by atoms with Gasteiger partial charge in [0.25, 0.3) is 0 Å². The molecule has 0 aromatic heterocycles. The highest BCUT2D eigenvalue weighted by molar-refractivity contribution is 4.59. The van der Waals surface area contributed by atoms with Crippen molar-refractivity contribution in [3.63, 3.8) is 0 Å². The van der Waals surface area contributed by atoms with Gasteiger partial charge in [-0.1, -0.05) is 90.9 Å². The van der Waals surface area contributed by atoms with E-state index in [1.807, 2.05) is 7.11 Å². The van der Waals surface area contributed by atoms with Crippen LogP contribution in [0.1, 0.15) is 104 Å². The summed E-state index contributed by atoms with van der Waals surface area (Å²) >= 11 is 0. The summed E-state index contributed by atoms with van der Waals surface area (Å²) in [6.07, 6.45) is 19.7. The minimum absolute atomic E-state index is 0.882. The second-order valence-electron chi connectivity index (χ2n) is 7.08. The van der Waals surface area contributed by atoms with Crippen molar-refractivity contribution in [2.24, 2.45) is 0 Å². The van der Waals surface area contributed by atoms with E-state index in [2.05, 4.69) is 18.7 Å². The van der Waals surface area contributed by atoms with Gasteiger partial charge in [0, 0.05) is 13.7 Å². The van der Waals surface area contributed by atoms with Crippen molar-refractivity contribution in [1.29, 1.82) is 0 Å². The summed E-state index contributed by atoms with van der Waals surface area (Å²) < 4.78 is 5.27. The molecular weight excluding hydrogens is 282 g/mol. The zero-order valence-corrected chi connectivity index (χ0v) is 16.6. The molecule has 0 aliphatic rings. The fourth-order valence-electron chi connectivity index (χ4n) is 3.14. The zero-order chi connectivity index (χ0) is 17.0. The molecule has 140 valence electrons. The van der Waals surface area contributed by atoms with Crippen LogP contribution in [0.5, 0.6) is 0 Å². The number of nitrogens with zero attached hydrogens (tertiary/aromatic N) is 1. The van der Waals surface area contributed by atoms with Gasteiger partial charge in [0.1, 0.15) is 0 Å². The molecule has 0 heterocycles. The Labute approximate surface area is 147 Å². The Balaban J connectivity index is 3.56. The van der Waals surface area contributed by atoms with Crippen LogP contribution >= 0.6 is 0 Å². The predicted molar refractivity (Wildman–Crippen MR) is 104 cm³/mol. The molecule has 0 radical (unpaired) electrons. The van der Waals surface area contributed by atoms with Crippen molar-refractivity contribution < 1.29 is 4.74 Å². The molecule has 2 heteroatoms. The fraction of sp³-hybridized carbons (Fsp3) is 1.00. The molecule has 0 amide bonds. The van der Waals surface area contributed by atoms with E-state index in [-0.39, 0.29) is 0 Å². The van der Waals surface area contributed by atoms with Crippen molar-refractivity contribution in [1.82, 2.24) is 4.90 Å². The molecule has 2 nitrogen and oxygen atoms in total. The minimum Gasteiger partial charge on any atom is -0.383 e. The molecule has 0 aromatic rings. The number of hydrogen-bond donors (Lipinski definition) is 0. The first kappa shape index (κ1) is 22.9. The van der Waals surface area contributed by atoms with Crippen LogP contribution in [0.4, 0.5) is 0 Å². The maximum atomic E-state index is 5.27. The SMILES string of the molecule is CCCCCCCCCN(CCCCCCCCC)CCOC. The summed E-state index contributed by atoms with van der Waals surface area (Å²) in [6.45, 7) is 9.12. The van der Waals surface area contributed by atoms with Crippen LogP contribution < -0.4 is 0 Å². The smallest absolute Gasteiger partial charge is 0.0589 e. The quantitative estimate of drug-likeness (QED) is 0.253. The molecule has 0 fully saturated rings. The summed E-state index contributed by atoms with van der Waals surface area (Å²) in [4.78, 5) is 2.63. The lowest BCUT2D eigenvalue weighted by Crippen LogP contribution is -2.29. The Kier molecular flexibility index (Phi) is 19.9. The average molecular weight is 328 g/mol. The van der Waals surface area contributed by atoms with Gasteiger partial charge < -0.3 is 9.64 Å². The van der Waals surface area contributed by atoms with Crippen LogP contribution in [-0.4, -0.2) is 38.3 Å². The lowest BCUT2D eigenvalue weighted by molar-refractivity contribution is 0.145. The summed E-state index contributed by atoms with van der Waals surface area (Å²) in [5.41, 5.74) is 0. The predicted octanol–water partition coefficient (Wildman–Crippen LogP) is 6.44. The third-order valence-corrected chi connectivity index (χ3v) is 4.77. The zero-order valence-electron chi connectivity index (χ0n) is 16.6. The Morgan fingerprint density at radius 2 is 0.913 bits per heavy atom. The number of rotatable bonds is 19. The normalized spacial score (nSPS) is 11.5. The molecule has 0 saturated heterocycles. The third-order valence-electron chi connectivity index (χ3n) is 4.77. The molecule has 23 heavy (non-hydrogen) atoms. The highest BCUT2D eigenvalue weighted by atomic mass is 16.5. The minimum atomic E-state index is 0.882. The Hall–Kier alpha value is -0.0800. The average Bonchev–Trinajstić information content (AvgIpc) is 2.57. The molecule has 0 bridgehead atoms. The van der Waals surface area contributed by atoms with Crippen LogP contribution in [-0.2, 0) is 4.74 Å². The van der Waals surface area contributed by atoms with Crippen LogP contribution in [0.15, 0.2) is 0 Å². The van der Waals surface area contributed by atoms with Crippen molar-refractivity contribution in [3.05, 3.63) is 0 Å². The van der Waals surface area contributed by atoms with Gasteiger partial charge in [0.05, 0.1) is 6.61 Å². The van der Waals surface area contributed by atoms with Gasteiger partial charge >= 0.3 is 0 Å². The van der Waals surface area contributed by atoms with Gasteiger partial charge in [-0.2, -0.15) is 0 Å². The highest BCUT2D eigenvalue weighted by Gasteiger charge is 2.04.